The number of benzene rings is 1. The van der Waals surface area contributed by atoms with Gasteiger partial charge in [-0.25, -0.2) is 4.79 Å². The van der Waals surface area contributed by atoms with Crippen LogP contribution in [0.5, 0.6) is 0 Å². The van der Waals surface area contributed by atoms with Gasteiger partial charge in [-0.3, -0.25) is 4.79 Å². The van der Waals surface area contributed by atoms with Crippen LogP contribution in [0.15, 0.2) is 18.2 Å². The molecule has 1 aliphatic rings. The highest BCUT2D eigenvalue weighted by Gasteiger charge is 2.28. The zero-order chi connectivity index (χ0) is 14.7. The fourth-order valence-corrected chi connectivity index (χ4v) is 2.17. The molecule has 1 unspecified atom stereocenters. The number of nitrogens with zero attached hydrogens (tertiary/aromatic N) is 1. The zero-order valence-electron chi connectivity index (χ0n) is 11.5. The van der Waals surface area contributed by atoms with Gasteiger partial charge in [-0.2, -0.15) is 0 Å². The van der Waals surface area contributed by atoms with E-state index in [-0.39, 0.29) is 18.1 Å². The van der Waals surface area contributed by atoms with Crippen LogP contribution >= 0.6 is 11.6 Å². The van der Waals surface area contributed by atoms with Crippen LogP contribution in [0.25, 0.3) is 0 Å². The zero-order valence-corrected chi connectivity index (χ0v) is 12.2. The van der Waals surface area contributed by atoms with Gasteiger partial charge >= 0.3 is 6.09 Å². The lowest BCUT2D eigenvalue weighted by Crippen LogP contribution is -2.20. The van der Waals surface area contributed by atoms with Gasteiger partial charge in [0.1, 0.15) is 6.10 Å². The summed E-state index contributed by atoms with van der Waals surface area (Å²) in [5.74, 6) is -0.115. The summed E-state index contributed by atoms with van der Waals surface area (Å²) in [5.41, 5.74) is 1.64. The lowest BCUT2D eigenvalue weighted by atomic mass is 10.2. The highest BCUT2D eigenvalue weighted by atomic mass is 35.5. The standard InChI is InChI=1S/C14H17ClN2O3/c1-9-3-4-10(7-12(9)15)16-13(18)6-5-11-8-17(2)14(19)20-11/h3-4,7,11H,5-6,8H2,1-2H3,(H,16,18). The number of halogens is 1. The van der Waals surface area contributed by atoms with Crippen LogP contribution in [0.4, 0.5) is 10.5 Å². The minimum atomic E-state index is -0.333. The molecule has 6 heteroatoms. The number of ether oxygens (including phenoxy) is 1. The van der Waals surface area contributed by atoms with Gasteiger partial charge in [0.25, 0.3) is 0 Å². The van der Waals surface area contributed by atoms with Crippen molar-refractivity contribution in [1.29, 1.82) is 0 Å². The minimum Gasteiger partial charge on any atom is -0.444 e. The molecular weight excluding hydrogens is 280 g/mol. The predicted octanol–water partition coefficient (Wildman–Crippen LogP) is 2.82. The van der Waals surface area contributed by atoms with E-state index in [9.17, 15) is 9.59 Å². The summed E-state index contributed by atoms with van der Waals surface area (Å²) in [5, 5.41) is 3.40. The van der Waals surface area contributed by atoms with E-state index in [1.54, 1.807) is 13.1 Å². The molecule has 1 heterocycles. The van der Waals surface area contributed by atoms with E-state index in [1.807, 2.05) is 19.1 Å². The molecule has 0 saturated carbocycles. The Labute approximate surface area is 122 Å². The van der Waals surface area contributed by atoms with E-state index in [4.69, 9.17) is 16.3 Å². The van der Waals surface area contributed by atoms with E-state index >= 15 is 0 Å². The summed E-state index contributed by atoms with van der Waals surface area (Å²) in [6.45, 7) is 2.43. The van der Waals surface area contributed by atoms with Crippen molar-refractivity contribution >= 4 is 29.3 Å². The third kappa shape index (κ3) is 3.63. The maximum Gasteiger partial charge on any atom is 0.409 e. The SMILES string of the molecule is Cc1ccc(NC(=O)CCC2CN(C)C(=O)O2)cc1Cl. The van der Waals surface area contributed by atoms with Crippen molar-refractivity contribution in [3.8, 4) is 0 Å². The second-order valence-electron chi connectivity index (χ2n) is 4.94. The van der Waals surface area contributed by atoms with Crippen LogP contribution in [-0.4, -0.2) is 36.6 Å². The van der Waals surface area contributed by atoms with Crippen LogP contribution in [0.1, 0.15) is 18.4 Å². The monoisotopic (exact) mass is 296 g/mol. The lowest BCUT2D eigenvalue weighted by Gasteiger charge is -2.09. The molecule has 0 aliphatic carbocycles. The summed E-state index contributed by atoms with van der Waals surface area (Å²) >= 11 is 6.00. The Balaban J connectivity index is 1.81. The third-order valence-corrected chi connectivity index (χ3v) is 3.61. The molecule has 0 radical (unpaired) electrons. The van der Waals surface area contributed by atoms with Crippen molar-refractivity contribution in [2.75, 3.05) is 18.9 Å². The highest BCUT2D eigenvalue weighted by Crippen LogP contribution is 2.20. The summed E-state index contributed by atoms with van der Waals surface area (Å²) in [6, 6.07) is 5.38. The van der Waals surface area contributed by atoms with Crippen molar-refractivity contribution in [3.05, 3.63) is 28.8 Å². The van der Waals surface area contributed by atoms with Crippen molar-refractivity contribution < 1.29 is 14.3 Å². The fraction of sp³-hybridized carbons (Fsp3) is 0.429. The molecule has 1 aliphatic heterocycles. The van der Waals surface area contributed by atoms with Gasteiger partial charge in [-0.1, -0.05) is 17.7 Å². The Morgan fingerprint density at radius 3 is 2.90 bits per heavy atom. The molecule has 1 aromatic carbocycles. The number of cyclic esters (lactones) is 1. The van der Waals surface area contributed by atoms with Gasteiger partial charge in [0.15, 0.2) is 0 Å². The second kappa shape index (κ2) is 6.13. The number of likely N-dealkylation sites (N-methyl/N-ethyl adjacent to an activating group) is 1. The molecule has 0 spiro atoms. The Hall–Kier alpha value is -1.75. The van der Waals surface area contributed by atoms with Gasteiger partial charge in [-0.15, -0.1) is 0 Å². The van der Waals surface area contributed by atoms with Crippen LogP contribution in [0.2, 0.25) is 5.02 Å². The Kier molecular flexibility index (Phi) is 4.49. The molecule has 108 valence electrons. The first-order valence-corrected chi connectivity index (χ1v) is 6.81. The first-order chi connectivity index (χ1) is 9.45. The minimum absolute atomic E-state index is 0.115. The maximum absolute atomic E-state index is 11.8. The molecule has 0 aromatic heterocycles. The van der Waals surface area contributed by atoms with Crippen LogP contribution < -0.4 is 5.32 Å². The van der Waals surface area contributed by atoms with Crippen molar-refractivity contribution in [2.45, 2.75) is 25.9 Å². The van der Waals surface area contributed by atoms with E-state index < -0.39 is 0 Å². The second-order valence-corrected chi connectivity index (χ2v) is 5.34. The van der Waals surface area contributed by atoms with Gasteiger partial charge in [0.2, 0.25) is 5.91 Å². The average molecular weight is 297 g/mol. The number of carbonyl (C=O) groups is 2. The average Bonchev–Trinajstić information content (AvgIpc) is 2.71. The third-order valence-electron chi connectivity index (χ3n) is 3.21. The fourth-order valence-electron chi connectivity index (χ4n) is 1.99. The summed E-state index contributed by atoms with van der Waals surface area (Å²) in [6.07, 6.45) is 0.277. The molecule has 2 amide bonds. The van der Waals surface area contributed by atoms with E-state index in [0.717, 1.165) is 5.56 Å². The number of anilines is 1. The summed E-state index contributed by atoms with van der Waals surface area (Å²) < 4.78 is 5.09. The van der Waals surface area contributed by atoms with Gasteiger partial charge in [0, 0.05) is 24.2 Å². The molecule has 0 bridgehead atoms. The first-order valence-electron chi connectivity index (χ1n) is 6.43. The largest absolute Gasteiger partial charge is 0.444 e. The van der Waals surface area contributed by atoms with E-state index in [0.29, 0.717) is 30.1 Å². The molecule has 1 saturated heterocycles. The van der Waals surface area contributed by atoms with Gasteiger partial charge < -0.3 is 15.0 Å². The molecule has 1 fully saturated rings. The normalized spacial score (nSPS) is 18.1. The first kappa shape index (κ1) is 14.7. The number of nitrogens with one attached hydrogen (secondary N) is 1. The Morgan fingerprint density at radius 2 is 2.30 bits per heavy atom. The van der Waals surface area contributed by atoms with Crippen LogP contribution in [-0.2, 0) is 9.53 Å². The van der Waals surface area contributed by atoms with Crippen molar-refractivity contribution in [1.82, 2.24) is 4.90 Å². The van der Waals surface area contributed by atoms with Crippen LogP contribution in [0, 0.1) is 6.92 Å². The van der Waals surface area contributed by atoms with Crippen molar-refractivity contribution in [2.24, 2.45) is 0 Å². The van der Waals surface area contributed by atoms with Crippen LogP contribution in [0.3, 0.4) is 0 Å². The van der Waals surface area contributed by atoms with Crippen molar-refractivity contribution in [3.63, 3.8) is 0 Å². The Bertz CT molecular complexity index is 533. The Morgan fingerprint density at radius 1 is 1.55 bits per heavy atom. The quantitative estimate of drug-likeness (QED) is 0.929. The highest BCUT2D eigenvalue weighted by molar-refractivity contribution is 6.31. The molecular formula is C14H17ClN2O3. The van der Waals surface area contributed by atoms with E-state index in [1.165, 1.54) is 4.90 Å². The van der Waals surface area contributed by atoms with Gasteiger partial charge in [0.05, 0.1) is 6.54 Å². The topological polar surface area (TPSA) is 58.6 Å². The van der Waals surface area contributed by atoms with E-state index in [2.05, 4.69) is 5.32 Å². The lowest BCUT2D eigenvalue weighted by molar-refractivity contribution is -0.116. The smallest absolute Gasteiger partial charge is 0.409 e. The predicted molar refractivity (Wildman–Crippen MR) is 77.0 cm³/mol. The number of amides is 2. The molecule has 1 N–H and O–H groups in total. The number of aryl methyl sites for hydroxylation is 1. The number of hydrogen-bond acceptors (Lipinski definition) is 3. The number of hydrogen-bond donors (Lipinski definition) is 1. The molecule has 5 nitrogen and oxygen atoms in total. The molecule has 20 heavy (non-hydrogen) atoms. The number of carbonyl (C=O) groups excluding carboxylic acids is 2. The molecule has 2 rings (SSSR count). The van der Waals surface area contributed by atoms with Gasteiger partial charge in [-0.05, 0) is 31.0 Å². The molecule has 1 atom stereocenters. The summed E-state index contributed by atoms with van der Waals surface area (Å²) in [7, 11) is 1.68. The number of rotatable bonds is 4. The molecule has 1 aromatic rings. The maximum atomic E-state index is 11.8. The summed E-state index contributed by atoms with van der Waals surface area (Å²) in [4.78, 5) is 24.5.